The summed E-state index contributed by atoms with van der Waals surface area (Å²) in [6.07, 6.45) is 0. The Morgan fingerprint density at radius 2 is 0.909 bits per heavy atom. The van der Waals surface area contributed by atoms with Crippen LogP contribution in [0.1, 0.15) is 77.6 Å². The van der Waals surface area contributed by atoms with Crippen LogP contribution in [0.5, 0.6) is 11.5 Å². The van der Waals surface area contributed by atoms with Crippen molar-refractivity contribution in [3.8, 4) is 23.6 Å². The van der Waals surface area contributed by atoms with E-state index in [1.807, 2.05) is 13.8 Å². The van der Waals surface area contributed by atoms with Gasteiger partial charge in [-0.3, -0.25) is 0 Å². The van der Waals surface area contributed by atoms with Gasteiger partial charge in [-0.15, -0.1) is 0 Å². The van der Waals surface area contributed by atoms with Gasteiger partial charge in [-0.2, -0.15) is 10.5 Å². The van der Waals surface area contributed by atoms with Crippen molar-refractivity contribution < 1.29 is 18.9 Å². The number of nitriles is 2. The third-order valence-electron chi connectivity index (χ3n) is 6.78. The molecular formula is C36H44N2O4S2. The number of hydrogen-bond donors (Lipinski definition) is 0. The average Bonchev–Trinajstić information content (AvgIpc) is 2.98. The first-order chi connectivity index (χ1) is 20.9. The minimum Gasteiger partial charge on any atom is -0.489 e. The van der Waals surface area contributed by atoms with Crippen molar-refractivity contribution in [3.63, 3.8) is 0 Å². The lowest BCUT2D eigenvalue weighted by Gasteiger charge is -2.23. The molecule has 0 aliphatic rings. The molecule has 3 aromatic carbocycles. The predicted molar refractivity (Wildman–Crippen MR) is 178 cm³/mol. The lowest BCUT2D eigenvalue weighted by atomic mass is 9.87. The summed E-state index contributed by atoms with van der Waals surface area (Å²) in [6.45, 7) is 19.2. The second-order valence-electron chi connectivity index (χ2n) is 12.1. The molecule has 0 aliphatic heterocycles. The fourth-order valence-corrected chi connectivity index (χ4v) is 6.45. The molecule has 234 valence electrons. The van der Waals surface area contributed by atoms with Crippen LogP contribution in [0.2, 0.25) is 0 Å². The van der Waals surface area contributed by atoms with Crippen LogP contribution < -0.4 is 9.47 Å². The third kappa shape index (κ3) is 9.43. The number of ether oxygens (including phenoxy) is 4. The van der Waals surface area contributed by atoms with E-state index in [-0.39, 0.29) is 35.2 Å². The van der Waals surface area contributed by atoms with Crippen LogP contribution in [0.4, 0.5) is 0 Å². The van der Waals surface area contributed by atoms with Crippen LogP contribution in [0.3, 0.4) is 0 Å². The molecule has 0 aromatic heterocycles. The van der Waals surface area contributed by atoms with Gasteiger partial charge in [0.05, 0.1) is 23.0 Å². The molecule has 0 N–H and O–H groups in total. The van der Waals surface area contributed by atoms with Gasteiger partial charge in [-0.1, -0.05) is 89.3 Å². The maximum Gasteiger partial charge on any atom is 0.153 e. The number of rotatable bonds is 14. The molecule has 0 saturated heterocycles. The van der Waals surface area contributed by atoms with Crippen LogP contribution >= 0.6 is 23.5 Å². The Morgan fingerprint density at radius 3 is 1.18 bits per heavy atom. The highest BCUT2D eigenvalue weighted by atomic mass is 32.2. The largest absolute Gasteiger partial charge is 0.489 e. The van der Waals surface area contributed by atoms with Gasteiger partial charge in [0.25, 0.3) is 0 Å². The zero-order valence-corrected chi connectivity index (χ0v) is 28.8. The summed E-state index contributed by atoms with van der Waals surface area (Å²) in [5.41, 5.74) is 2.78. The molecule has 8 heteroatoms. The molecule has 0 spiro atoms. The summed E-state index contributed by atoms with van der Waals surface area (Å²) in [7, 11) is 0. The topological polar surface area (TPSA) is 84.5 Å². The van der Waals surface area contributed by atoms with Crippen molar-refractivity contribution in [2.24, 2.45) is 0 Å². The van der Waals surface area contributed by atoms with Crippen molar-refractivity contribution in [2.75, 3.05) is 39.6 Å². The molecule has 0 radical (unpaired) electrons. The maximum atomic E-state index is 10.4. The molecule has 3 aromatic rings. The Bertz CT molecular complexity index is 1350. The SMILES string of the molecule is CCOCCOc1c(C#N)c(C#N)c(OCCOCC)c(Sc2ccc(C(C)(C)C)cc2)c1Sc1ccc(C(C)(C)C)cc1. The van der Waals surface area contributed by atoms with E-state index in [1.54, 1.807) is 0 Å². The summed E-state index contributed by atoms with van der Waals surface area (Å²) in [6, 6.07) is 21.3. The van der Waals surface area contributed by atoms with E-state index in [1.165, 1.54) is 34.7 Å². The van der Waals surface area contributed by atoms with E-state index in [4.69, 9.17) is 18.9 Å². The van der Waals surface area contributed by atoms with E-state index < -0.39 is 0 Å². The highest BCUT2D eigenvalue weighted by Gasteiger charge is 2.29. The predicted octanol–water partition coefficient (Wildman–Crippen LogP) is 9.16. The molecular weight excluding hydrogens is 589 g/mol. The molecule has 0 aliphatic carbocycles. The Labute approximate surface area is 272 Å². The summed E-state index contributed by atoms with van der Waals surface area (Å²) in [5.74, 6) is 0.722. The van der Waals surface area contributed by atoms with Gasteiger partial charge in [0.1, 0.15) is 36.5 Å². The Morgan fingerprint density at radius 1 is 0.568 bits per heavy atom. The minimum atomic E-state index is 0.0148. The number of nitrogens with zero attached hydrogens (tertiary/aromatic N) is 2. The summed E-state index contributed by atoms with van der Waals surface area (Å²) < 4.78 is 23.6. The molecule has 3 rings (SSSR count). The van der Waals surface area contributed by atoms with Crippen molar-refractivity contribution in [2.45, 2.75) is 85.8 Å². The van der Waals surface area contributed by atoms with Crippen molar-refractivity contribution in [1.82, 2.24) is 0 Å². The first kappa shape index (κ1) is 35.3. The normalized spacial score (nSPS) is 11.6. The van der Waals surface area contributed by atoms with Crippen LogP contribution in [0.15, 0.2) is 68.1 Å². The molecule has 0 saturated carbocycles. The highest BCUT2D eigenvalue weighted by molar-refractivity contribution is 8.02. The second kappa shape index (κ2) is 16.3. The van der Waals surface area contributed by atoms with Crippen LogP contribution in [0.25, 0.3) is 0 Å². The average molecular weight is 633 g/mol. The smallest absolute Gasteiger partial charge is 0.153 e. The zero-order chi connectivity index (χ0) is 32.3. The minimum absolute atomic E-state index is 0.0148. The first-order valence-corrected chi connectivity index (χ1v) is 16.6. The van der Waals surface area contributed by atoms with Gasteiger partial charge < -0.3 is 18.9 Å². The van der Waals surface area contributed by atoms with Gasteiger partial charge in [-0.05, 0) is 60.1 Å². The van der Waals surface area contributed by atoms with Crippen molar-refractivity contribution in [3.05, 3.63) is 70.8 Å². The van der Waals surface area contributed by atoms with Gasteiger partial charge in [0.2, 0.25) is 0 Å². The van der Waals surface area contributed by atoms with Crippen LogP contribution in [-0.2, 0) is 20.3 Å². The lowest BCUT2D eigenvalue weighted by Crippen LogP contribution is -2.12. The van der Waals surface area contributed by atoms with Crippen molar-refractivity contribution >= 4 is 23.5 Å². The Hall–Kier alpha value is -3.14. The summed E-state index contributed by atoms with van der Waals surface area (Å²) in [4.78, 5) is 3.40. The standard InChI is InChI=1S/C36H44N2O4S2/c1-9-39-19-21-41-31-29(23-37)30(24-38)32(42-22-20-40-10-2)34(44-28-17-13-26(14-18-28)36(6,7)8)33(31)43-27-15-11-25(12-16-27)35(3,4)5/h11-18H,9-10,19-22H2,1-8H3. The highest BCUT2D eigenvalue weighted by Crippen LogP contribution is 2.52. The first-order valence-electron chi connectivity index (χ1n) is 15.0. The van der Waals surface area contributed by atoms with E-state index in [2.05, 4.69) is 102 Å². The van der Waals surface area contributed by atoms with Crippen LogP contribution in [0, 0.1) is 22.7 Å². The van der Waals surface area contributed by atoms with E-state index in [0.29, 0.717) is 37.9 Å². The van der Waals surface area contributed by atoms with Gasteiger partial charge in [0, 0.05) is 23.0 Å². The molecule has 6 nitrogen and oxygen atoms in total. The van der Waals surface area contributed by atoms with E-state index in [0.717, 1.165) is 19.6 Å². The van der Waals surface area contributed by atoms with E-state index >= 15 is 0 Å². The molecule has 0 heterocycles. The lowest BCUT2D eigenvalue weighted by molar-refractivity contribution is 0.106. The van der Waals surface area contributed by atoms with Crippen molar-refractivity contribution in [1.29, 1.82) is 10.5 Å². The second-order valence-corrected chi connectivity index (χ2v) is 14.3. The van der Waals surface area contributed by atoms with Gasteiger partial charge >= 0.3 is 0 Å². The van der Waals surface area contributed by atoms with Crippen LogP contribution in [-0.4, -0.2) is 39.6 Å². The monoisotopic (exact) mass is 632 g/mol. The molecule has 0 fully saturated rings. The van der Waals surface area contributed by atoms with Gasteiger partial charge in [-0.25, -0.2) is 0 Å². The molecule has 0 atom stereocenters. The van der Waals surface area contributed by atoms with Gasteiger partial charge in [0.15, 0.2) is 11.5 Å². The maximum absolute atomic E-state index is 10.4. The summed E-state index contributed by atoms with van der Waals surface area (Å²) >= 11 is 3.00. The Balaban J connectivity index is 2.25. The molecule has 44 heavy (non-hydrogen) atoms. The zero-order valence-electron chi connectivity index (χ0n) is 27.2. The fraction of sp³-hybridized carbons (Fsp3) is 0.444. The Kier molecular flexibility index (Phi) is 13.1. The molecule has 0 bridgehead atoms. The molecule has 0 amide bonds. The summed E-state index contributed by atoms with van der Waals surface area (Å²) in [5, 5.41) is 20.7. The van der Waals surface area contributed by atoms with E-state index in [9.17, 15) is 10.5 Å². The third-order valence-corrected chi connectivity index (χ3v) is 9.12. The number of hydrogen-bond acceptors (Lipinski definition) is 8. The fourth-order valence-electron chi connectivity index (χ4n) is 4.31. The quantitative estimate of drug-likeness (QED) is 0.163. The number of benzene rings is 3. The molecule has 0 unspecified atom stereocenters.